The van der Waals surface area contributed by atoms with Gasteiger partial charge in [-0.2, -0.15) is 0 Å². The lowest BCUT2D eigenvalue weighted by Crippen LogP contribution is -2.42. The van der Waals surface area contributed by atoms with E-state index in [1.54, 1.807) is 43.5 Å². The molecule has 0 spiro atoms. The highest BCUT2D eigenvalue weighted by molar-refractivity contribution is 6.42. The van der Waals surface area contributed by atoms with E-state index < -0.39 is 11.9 Å². The predicted octanol–water partition coefficient (Wildman–Crippen LogP) is 5.01. The van der Waals surface area contributed by atoms with Gasteiger partial charge < -0.3 is 20.7 Å². The first-order valence-electron chi connectivity index (χ1n) is 10.4. The summed E-state index contributed by atoms with van der Waals surface area (Å²) in [5, 5.41) is 9.38. The van der Waals surface area contributed by atoms with E-state index in [1.165, 1.54) is 0 Å². The Hall–Kier alpha value is -3.22. The fourth-order valence-corrected chi connectivity index (χ4v) is 3.65. The number of carbonyl (C=O) groups is 2. The topological polar surface area (TPSA) is 79.5 Å². The predicted molar refractivity (Wildman–Crippen MR) is 132 cm³/mol. The summed E-state index contributed by atoms with van der Waals surface area (Å²) in [6.07, 6.45) is 0. The van der Waals surface area contributed by atoms with Crippen molar-refractivity contribution in [2.45, 2.75) is 13.0 Å². The summed E-state index contributed by atoms with van der Waals surface area (Å²) in [6.45, 7) is 2.71. The number of hydrogen-bond donors (Lipinski definition) is 3. The monoisotopic (exact) mass is 485 g/mol. The fraction of sp³-hybridized carbons (Fsp3) is 0.200. The van der Waals surface area contributed by atoms with E-state index in [0.717, 1.165) is 17.0 Å². The van der Waals surface area contributed by atoms with Crippen molar-refractivity contribution in [2.24, 2.45) is 0 Å². The number of nitrogens with one attached hydrogen (secondary N) is 3. The number of rotatable bonds is 9. The first-order chi connectivity index (χ1) is 15.9. The van der Waals surface area contributed by atoms with Crippen molar-refractivity contribution in [3.05, 3.63) is 93.5 Å². The van der Waals surface area contributed by atoms with Gasteiger partial charge in [0.2, 0.25) is 5.91 Å². The van der Waals surface area contributed by atoms with Crippen LogP contribution in [0.3, 0.4) is 0 Å². The molecule has 3 aromatic carbocycles. The Morgan fingerprint density at radius 2 is 1.70 bits per heavy atom. The van der Waals surface area contributed by atoms with Crippen LogP contribution in [-0.4, -0.2) is 32.0 Å². The Morgan fingerprint density at radius 1 is 0.970 bits per heavy atom. The number of aryl methyl sites for hydroxylation is 1. The summed E-state index contributed by atoms with van der Waals surface area (Å²) >= 11 is 12.5. The molecule has 0 aliphatic carbocycles. The van der Waals surface area contributed by atoms with Gasteiger partial charge in [-0.1, -0.05) is 53.0 Å². The largest absolute Gasteiger partial charge is 0.497 e. The van der Waals surface area contributed by atoms with Crippen molar-refractivity contribution in [1.82, 2.24) is 10.6 Å². The van der Waals surface area contributed by atoms with Crippen LogP contribution in [0.15, 0.2) is 66.7 Å². The summed E-state index contributed by atoms with van der Waals surface area (Å²) in [7, 11) is 1.61. The van der Waals surface area contributed by atoms with Crippen LogP contribution in [0, 0.1) is 6.92 Å². The summed E-state index contributed by atoms with van der Waals surface area (Å²) in [5.74, 6) is -0.0117. The number of amides is 2. The second-order valence-corrected chi connectivity index (χ2v) is 8.15. The molecular weight excluding hydrogens is 461 g/mol. The van der Waals surface area contributed by atoms with E-state index in [2.05, 4.69) is 16.0 Å². The highest BCUT2D eigenvalue weighted by atomic mass is 35.5. The van der Waals surface area contributed by atoms with E-state index >= 15 is 0 Å². The molecule has 0 aliphatic heterocycles. The molecular formula is C25H25Cl2N3O3. The number of hydrogen-bond acceptors (Lipinski definition) is 4. The maximum Gasteiger partial charge on any atom is 0.252 e. The molecule has 0 aromatic heterocycles. The van der Waals surface area contributed by atoms with Gasteiger partial charge in [0.15, 0.2) is 0 Å². The smallest absolute Gasteiger partial charge is 0.252 e. The van der Waals surface area contributed by atoms with Crippen molar-refractivity contribution in [2.75, 3.05) is 25.5 Å². The highest BCUT2D eigenvalue weighted by Crippen LogP contribution is 2.30. The normalized spacial score (nSPS) is 11.4. The number of ether oxygens (including phenoxy) is 1. The molecule has 2 amide bonds. The average Bonchev–Trinajstić information content (AvgIpc) is 2.82. The summed E-state index contributed by atoms with van der Waals surface area (Å²) in [5.41, 5.74) is 2.71. The van der Waals surface area contributed by atoms with Crippen LogP contribution >= 0.6 is 23.2 Å². The molecule has 3 rings (SSSR count). The Labute approximate surface area is 203 Å². The van der Waals surface area contributed by atoms with E-state index in [4.69, 9.17) is 27.9 Å². The summed E-state index contributed by atoms with van der Waals surface area (Å²) < 4.78 is 5.14. The van der Waals surface area contributed by atoms with Gasteiger partial charge in [-0.05, 0) is 49.4 Å². The molecule has 0 bridgehead atoms. The van der Waals surface area contributed by atoms with Crippen LogP contribution in [0.5, 0.6) is 5.75 Å². The zero-order chi connectivity index (χ0) is 23.8. The van der Waals surface area contributed by atoms with Crippen molar-refractivity contribution < 1.29 is 14.3 Å². The van der Waals surface area contributed by atoms with Crippen LogP contribution in [0.4, 0.5) is 5.69 Å². The van der Waals surface area contributed by atoms with E-state index in [-0.39, 0.29) is 10.9 Å². The van der Waals surface area contributed by atoms with E-state index in [1.807, 2.05) is 37.3 Å². The van der Waals surface area contributed by atoms with Crippen LogP contribution < -0.4 is 20.7 Å². The third-order valence-electron chi connectivity index (χ3n) is 4.95. The number of anilines is 1. The van der Waals surface area contributed by atoms with Gasteiger partial charge in [0, 0.05) is 29.9 Å². The van der Waals surface area contributed by atoms with E-state index in [9.17, 15) is 9.59 Å². The first-order valence-corrected chi connectivity index (χ1v) is 11.1. The highest BCUT2D eigenvalue weighted by Gasteiger charge is 2.26. The minimum atomic E-state index is -1.01. The molecule has 0 heterocycles. The molecule has 0 fully saturated rings. The van der Waals surface area contributed by atoms with Gasteiger partial charge in [-0.3, -0.25) is 9.59 Å². The number of carbonyl (C=O) groups excluding carboxylic acids is 2. The minimum absolute atomic E-state index is 0.222. The van der Waals surface area contributed by atoms with Crippen LogP contribution in [0.2, 0.25) is 10.0 Å². The van der Waals surface area contributed by atoms with Crippen molar-refractivity contribution >= 4 is 40.7 Å². The van der Waals surface area contributed by atoms with Gasteiger partial charge in [-0.25, -0.2) is 0 Å². The molecule has 3 N–H and O–H groups in total. The lowest BCUT2D eigenvalue weighted by atomic mass is 10.0. The second-order valence-electron chi connectivity index (χ2n) is 7.37. The SMILES string of the molecule is COc1ccc(NCCNC(=O)C(NC(=O)c2cccc(C)c2)c2cccc(Cl)c2Cl)cc1. The van der Waals surface area contributed by atoms with Gasteiger partial charge in [0.25, 0.3) is 5.91 Å². The average molecular weight is 486 g/mol. The number of methoxy groups -OCH3 is 1. The zero-order valence-corrected chi connectivity index (χ0v) is 19.8. The molecule has 8 heteroatoms. The fourth-order valence-electron chi connectivity index (χ4n) is 3.23. The van der Waals surface area contributed by atoms with Gasteiger partial charge in [0.05, 0.1) is 17.2 Å². The quantitative estimate of drug-likeness (QED) is 0.372. The summed E-state index contributed by atoms with van der Waals surface area (Å²) in [4.78, 5) is 25.9. The third-order valence-corrected chi connectivity index (χ3v) is 5.79. The molecule has 0 aliphatic rings. The van der Waals surface area contributed by atoms with Gasteiger partial charge >= 0.3 is 0 Å². The molecule has 1 unspecified atom stereocenters. The Kier molecular flexibility index (Phi) is 8.58. The van der Waals surface area contributed by atoms with Crippen LogP contribution in [0.25, 0.3) is 0 Å². The van der Waals surface area contributed by atoms with Crippen LogP contribution in [-0.2, 0) is 4.79 Å². The maximum absolute atomic E-state index is 13.1. The Morgan fingerprint density at radius 3 is 2.39 bits per heavy atom. The standard InChI is InChI=1S/C25H25Cl2N3O3/c1-16-5-3-6-17(15-16)24(31)30-23(20-7-4-8-21(26)22(20)27)25(32)29-14-13-28-18-9-11-19(33-2)12-10-18/h3-12,15,23,28H,13-14H2,1-2H3,(H,29,32)(H,30,31). The molecule has 3 aromatic rings. The molecule has 172 valence electrons. The molecule has 0 radical (unpaired) electrons. The molecule has 33 heavy (non-hydrogen) atoms. The van der Waals surface area contributed by atoms with Gasteiger partial charge in [0.1, 0.15) is 11.8 Å². The van der Waals surface area contributed by atoms with E-state index in [0.29, 0.717) is 29.2 Å². The van der Waals surface area contributed by atoms with Crippen molar-refractivity contribution in [1.29, 1.82) is 0 Å². The number of halogens is 2. The maximum atomic E-state index is 13.1. The Bertz CT molecular complexity index is 1120. The lowest BCUT2D eigenvalue weighted by Gasteiger charge is -2.21. The van der Waals surface area contributed by atoms with Crippen molar-refractivity contribution in [3.8, 4) is 5.75 Å². The zero-order valence-electron chi connectivity index (χ0n) is 18.3. The Balaban J connectivity index is 1.69. The first kappa shape index (κ1) is 24.4. The minimum Gasteiger partial charge on any atom is -0.497 e. The van der Waals surface area contributed by atoms with Gasteiger partial charge in [-0.15, -0.1) is 0 Å². The molecule has 0 saturated heterocycles. The number of benzene rings is 3. The molecule has 0 saturated carbocycles. The second kappa shape index (κ2) is 11.6. The summed E-state index contributed by atoms with van der Waals surface area (Å²) in [6, 6.07) is 18.6. The molecule has 6 nitrogen and oxygen atoms in total. The van der Waals surface area contributed by atoms with Crippen LogP contribution in [0.1, 0.15) is 27.5 Å². The molecule has 1 atom stereocenters. The van der Waals surface area contributed by atoms with Crippen molar-refractivity contribution in [3.63, 3.8) is 0 Å². The third kappa shape index (κ3) is 6.63. The lowest BCUT2D eigenvalue weighted by molar-refractivity contribution is -0.123.